The molecule has 2 rings (SSSR count). The molecule has 0 spiro atoms. The Kier molecular flexibility index (Phi) is 7.03. The van der Waals surface area contributed by atoms with Crippen LogP contribution in [0.15, 0.2) is 22.5 Å². The number of thiophene rings is 1. The number of hydrogen-bond donors (Lipinski definition) is 2. The van der Waals surface area contributed by atoms with E-state index in [0.717, 1.165) is 37.9 Å². The zero-order chi connectivity index (χ0) is 14.9. The minimum Gasteiger partial charge on any atom is -0.356 e. The lowest BCUT2D eigenvalue weighted by molar-refractivity contribution is 0.179. The van der Waals surface area contributed by atoms with Gasteiger partial charge in [0.05, 0.1) is 0 Å². The van der Waals surface area contributed by atoms with Crippen molar-refractivity contribution in [1.29, 1.82) is 0 Å². The SMILES string of the molecule is CCCNC(=NC)NCC1CCN(Cc2cccs2)CC1. The van der Waals surface area contributed by atoms with E-state index >= 15 is 0 Å². The molecule has 0 bridgehead atoms. The summed E-state index contributed by atoms with van der Waals surface area (Å²) in [4.78, 5) is 8.32. The normalized spacial score (nSPS) is 17.9. The number of rotatable bonds is 6. The second kappa shape index (κ2) is 9.05. The van der Waals surface area contributed by atoms with Crippen LogP contribution in [0.3, 0.4) is 0 Å². The highest BCUT2D eigenvalue weighted by Gasteiger charge is 2.19. The number of nitrogens with zero attached hydrogens (tertiary/aromatic N) is 2. The van der Waals surface area contributed by atoms with Gasteiger partial charge in [0.1, 0.15) is 0 Å². The van der Waals surface area contributed by atoms with E-state index in [2.05, 4.69) is 45.0 Å². The quantitative estimate of drug-likeness (QED) is 0.627. The van der Waals surface area contributed by atoms with Crippen LogP contribution in [0.4, 0.5) is 0 Å². The fraction of sp³-hybridized carbons (Fsp3) is 0.688. The maximum absolute atomic E-state index is 4.26. The molecule has 2 N–H and O–H groups in total. The third kappa shape index (κ3) is 5.67. The van der Waals surface area contributed by atoms with Crippen molar-refractivity contribution in [3.05, 3.63) is 22.4 Å². The van der Waals surface area contributed by atoms with E-state index in [0.29, 0.717) is 0 Å². The topological polar surface area (TPSA) is 39.7 Å². The smallest absolute Gasteiger partial charge is 0.190 e. The summed E-state index contributed by atoms with van der Waals surface area (Å²) >= 11 is 1.86. The molecule has 0 aliphatic carbocycles. The molecular weight excluding hydrogens is 280 g/mol. The van der Waals surface area contributed by atoms with Crippen molar-refractivity contribution >= 4 is 17.3 Å². The first kappa shape index (κ1) is 16.3. The number of likely N-dealkylation sites (tertiary alicyclic amines) is 1. The van der Waals surface area contributed by atoms with Crippen LogP contribution in [0.25, 0.3) is 0 Å². The molecule has 5 heteroatoms. The van der Waals surface area contributed by atoms with Crippen molar-refractivity contribution in [3.8, 4) is 0 Å². The largest absolute Gasteiger partial charge is 0.356 e. The minimum atomic E-state index is 0.768. The number of hydrogen-bond acceptors (Lipinski definition) is 3. The molecule has 0 unspecified atom stereocenters. The highest BCUT2D eigenvalue weighted by molar-refractivity contribution is 7.09. The number of guanidine groups is 1. The Labute approximate surface area is 132 Å². The molecule has 1 aromatic heterocycles. The van der Waals surface area contributed by atoms with Gasteiger partial charge in [0.25, 0.3) is 0 Å². The van der Waals surface area contributed by atoms with Crippen LogP contribution < -0.4 is 10.6 Å². The van der Waals surface area contributed by atoms with Crippen molar-refractivity contribution in [2.24, 2.45) is 10.9 Å². The predicted octanol–water partition coefficient (Wildman–Crippen LogP) is 2.54. The first-order valence-corrected chi connectivity index (χ1v) is 8.89. The molecule has 1 saturated heterocycles. The number of piperidine rings is 1. The standard InChI is InChI=1S/C16H28N4S/c1-3-8-18-16(17-2)19-12-14-6-9-20(10-7-14)13-15-5-4-11-21-15/h4-5,11,14H,3,6-10,12-13H2,1-2H3,(H2,17,18,19). The monoisotopic (exact) mass is 308 g/mol. The summed E-state index contributed by atoms with van der Waals surface area (Å²) in [6.07, 6.45) is 3.69. The van der Waals surface area contributed by atoms with Gasteiger partial charge < -0.3 is 10.6 Å². The number of nitrogens with one attached hydrogen (secondary N) is 2. The van der Waals surface area contributed by atoms with Gasteiger partial charge in [-0.05, 0) is 49.7 Å². The van der Waals surface area contributed by atoms with Gasteiger partial charge in [-0.1, -0.05) is 13.0 Å². The summed E-state index contributed by atoms with van der Waals surface area (Å²) < 4.78 is 0. The molecular formula is C16H28N4S. The average Bonchev–Trinajstić information content (AvgIpc) is 3.02. The summed E-state index contributed by atoms with van der Waals surface area (Å²) in [6.45, 7) is 7.74. The molecule has 0 atom stereocenters. The van der Waals surface area contributed by atoms with Crippen LogP contribution in [0.1, 0.15) is 31.1 Å². The lowest BCUT2D eigenvalue weighted by atomic mass is 9.97. The molecule has 1 aromatic rings. The van der Waals surface area contributed by atoms with Crippen LogP contribution in [-0.2, 0) is 6.54 Å². The van der Waals surface area contributed by atoms with Gasteiger partial charge in [-0.25, -0.2) is 0 Å². The molecule has 118 valence electrons. The Morgan fingerprint density at radius 3 is 2.81 bits per heavy atom. The van der Waals surface area contributed by atoms with E-state index in [1.54, 1.807) is 0 Å². The third-order valence-corrected chi connectivity index (χ3v) is 4.85. The zero-order valence-corrected chi connectivity index (χ0v) is 14.1. The van der Waals surface area contributed by atoms with Gasteiger partial charge in [0, 0.05) is 31.6 Å². The number of aliphatic imine (C=N–C) groups is 1. The zero-order valence-electron chi connectivity index (χ0n) is 13.3. The molecule has 0 saturated carbocycles. The van der Waals surface area contributed by atoms with Gasteiger partial charge in [0.2, 0.25) is 0 Å². The predicted molar refractivity (Wildman–Crippen MR) is 92.0 cm³/mol. The molecule has 1 aliphatic rings. The Hall–Kier alpha value is -1.07. The lowest BCUT2D eigenvalue weighted by Gasteiger charge is -2.32. The summed E-state index contributed by atoms with van der Waals surface area (Å²) in [5.41, 5.74) is 0. The minimum absolute atomic E-state index is 0.768. The Balaban J connectivity index is 1.64. The van der Waals surface area contributed by atoms with Crippen LogP contribution >= 0.6 is 11.3 Å². The van der Waals surface area contributed by atoms with E-state index in [4.69, 9.17) is 0 Å². The second-order valence-electron chi connectivity index (χ2n) is 5.68. The van der Waals surface area contributed by atoms with Crippen molar-refractivity contribution in [3.63, 3.8) is 0 Å². The molecule has 1 fully saturated rings. The van der Waals surface area contributed by atoms with Gasteiger partial charge in [-0.3, -0.25) is 9.89 Å². The summed E-state index contributed by atoms with van der Waals surface area (Å²) in [7, 11) is 1.84. The second-order valence-corrected chi connectivity index (χ2v) is 6.71. The van der Waals surface area contributed by atoms with E-state index in [1.807, 2.05) is 18.4 Å². The molecule has 1 aliphatic heterocycles. The highest BCUT2D eigenvalue weighted by atomic mass is 32.1. The van der Waals surface area contributed by atoms with E-state index in [9.17, 15) is 0 Å². The molecule has 2 heterocycles. The average molecular weight is 308 g/mol. The van der Waals surface area contributed by atoms with E-state index in [1.165, 1.54) is 30.8 Å². The van der Waals surface area contributed by atoms with Crippen molar-refractivity contribution in [2.45, 2.75) is 32.7 Å². The first-order valence-electron chi connectivity index (χ1n) is 8.01. The molecule has 4 nitrogen and oxygen atoms in total. The summed E-state index contributed by atoms with van der Waals surface area (Å²) in [5.74, 6) is 1.71. The molecule has 0 radical (unpaired) electrons. The van der Waals surface area contributed by atoms with Crippen LogP contribution in [0.2, 0.25) is 0 Å². The lowest BCUT2D eigenvalue weighted by Crippen LogP contribution is -2.42. The third-order valence-electron chi connectivity index (χ3n) is 3.99. The highest BCUT2D eigenvalue weighted by Crippen LogP contribution is 2.20. The van der Waals surface area contributed by atoms with Crippen molar-refractivity contribution in [1.82, 2.24) is 15.5 Å². The molecule has 0 amide bonds. The Bertz CT molecular complexity index is 408. The first-order chi connectivity index (χ1) is 10.3. The van der Waals surface area contributed by atoms with E-state index < -0.39 is 0 Å². The van der Waals surface area contributed by atoms with Gasteiger partial charge in [-0.15, -0.1) is 11.3 Å². The Morgan fingerprint density at radius 1 is 1.38 bits per heavy atom. The van der Waals surface area contributed by atoms with Crippen molar-refractivity contribution in [2.75, 3.05) is 33.2 Å². The van der Waals surface area contributed by atoms with Crippen LogP contribution in [0.5, 0.6) is 0 Å². The van der Waals surface area contributed by atoms with Crippen molar-refractivity contribution < 1.29 is 0 Å². The van der Waals surface area contributed by atoms with Gasteiger partial charge in [-0.2, -0.15) is 0 Å². The molecule has 0 aromatic carbocycles. The van der Waals surface area contributed by atoms with Gasteiger partial charge >= 0.3 is 0 Å². The summed E-state index contributed by atoms with van der Waals surface area (Å²) in [5, 5.41) is 8.95. The fourth-order valence-corrected chi connectivity index (χ4v) is 3.42. The maximum Gasteiger partial charge on any atom is 0.190 e. The Morgan fingerprint density at radius 2 is 2.19 bits per heavy atom. The summed E-state index contributed by atoms with van der Waals surface area (Å²) in [6, 6.07) is 4.38. The van der Waals surface area contributed by atoms with Gasteiger partial charge in [0.15, 0.2) is 5.96 Å². The van der Waals surface area contributed by atoms with Crippen LogP contribution in [-0.4, -0.2) is 44.1 Å². The van der Waals surface area contributed by atoms with E-state index in [-0.39, 0.29) is 0 Å². The molecule has 21 heavy (non-hydrogen) atoms. The maximum atomic E-state index is 4.26. The van der Waals surface area contributed by atoms with Crippen LogP contribution in [0, 0.1) is 5.92 Å². The fourth-order valence-electron chi connectivity index (χ4n) is 2.68.